The summed E-state index contributed by atoms with van der Waals surface area (Å²) in [5, 5.41) is 3.46. The molecule has 0 aromatic carbocycles. The number of nitrogens with zero attached hydrogens (tertiary/aromatic N) is 2. The zero-order valence-corrected chi connectivity index (χ0v) is 15.1. The highest BCUT2D eigenvalue weighted by atomic mass is 16.1. The Bertz CT molecular complexity index is 601. The molecule has 0 spiro atoms. The smallest absolute Gasteiger partial charge is 0.252 e. The van der Waals surface area contributed by atoms with Gasteiger partial charge < -0.3 is 11.1 Å². The zero-order chi connectivity index (χ0) is 17.3. The summed E-state index contributed by atoms with van der Waals surface area (Å²) in [7, 11) is 0. The number of aromatic nitrogens is 2. The molecule has 3 N–H and O–H groups in total. The van der Waals surface area contributed by atoms with Crippen molar-refractivity contribution >= 4 is 11.9 Å². The van der Waals surface area contributed by atoms with Crippen LogP contribution < -0.4 is 11.1 Å². The van der Waals surface area contributed by atoms with E-state index in [0.717, 1.165) is 36.8 Å². The number of nitrogens with one attached hydrogen (secondary N) is 1. The summed E-state index contributed by atoms with van der Waals surface area (Å²) in [5.74, 6) is 1.75. The molecule has 0 saturated heterocycles. The molecular weight excluding hydrogens is 300 g/mol. The molecule has 1 aromatic heterocycles. The average molecular weight is 330 g/mol. The van der Waals surface area contributed by atoms with Gasteiger partial charge in [-0.1, -0.05) is 20.8 Å². The third-order valence-corrected chi connectivity index (χ3v) is 5.79. The normalized spacial score (nSPS) is 24.6. The highest BCUT2D eigenvalue weighted by molar-refractivity contribution is 5.93. The van der Waals surface area contributed by atoms with Gasteiger partial charge in [0.1, 0.15) is 0 Å². The molecule has 3 rings (SSSR count). The number of primary amides is 1. The standard InChI is InChI=1S/C19H30N4O/c1-12-4-8-14(9-5-12)22-18-21-11-15(17(20)24)16(23-18)10-19(2,3)13-6-7-13/h11-14H,4-10H2,1-3H3,(H2,20,24)(H,21,22,23). The fourth-order valence-electron chi connectivity index (χ4n) is 3.85. The number of hydrogen-bond acceptors (Lipinski definition) is 4. The van der Waals surface area contributed by atoms with E-state index in [0.29, 0.717) is 17.6 Å². The topological polar surface area (TPSA) is 80.9 Å². The van der Waals surface area contributed by atoms with Gasteiger partial charge in [-0.3, -0.25) is 4.79 Å². The number of nitrogens with two attached hydrogens (primary N) is 1. The van der Waals surface area contributed by atoms with Crippen molar-refractivity contribution in [3.8, 4) is 0 Å². The first-order valence-electron chi connectivity index (χ1n) is 9.27. The number of amides is 1. The lowest BCUT2D eigenvalue weighted by molar-refractivity contribution is 0.0998. The van der Waals surface area contributed by atoms with E-state index in [1.54, 1.807) is 6.20 Å². The summed E-state index contributed by atoms with van der Waals surface area (Å²) in [5.41, 5.74) is 6.94. The van der Waals surface area contributed by atoms with Crippen molar-refractivity contribution in [1.82, 2.24) is 9.97 Å². The Labute approximate surface area is 144 Å². The van der Waals surface area contributed by atoms with Gasteiger partial charge in [-0.05, 0) is 62.2 Å². The van der Waals surface area contributed by atoms with E-state index in [-0.39, 0.29) is 5.41 Å². The van der Waals surface area contributed by atoms with Gasteiger partial charge in [-0.2, -0.15) is 0 Å². The summed E-state index contributed by atoms with van der Waals surface area (Å²) in [4.78, 5) is 20.8. The molecule has 1 heterocycles. The molecule has 5 heteroatoms. The second kappa shape index (κ2) is 6.69. The number of carbonyl (C=O) groups excluding carboxylic acids is 1. The minimum Gasteiger partial charge on any atom is -0.365 e. The van der Waals surface area contributed by atoms with E-state index < -0.39 is 5.91 Å². The summed E-state index contributed by atoms with van der Waals surface area (Å²) in [6.07, 6.45) is 9.73. The van der Waals surface area contributed by atoms with E-state index >= 15 is 0 Å². The Kier molecular flexibility index (Phi) is 4.79. The number of hydrogen-bond donors (Lipinski definition) is 2. The van der Waals surface area contributed by atoms with Gasteiger partial charge in [0.05, 0.1) is 11.3 Å². The Morgan fingerprint density at radius 1 is 1.25 bits per heavy atom. The van der Waals surface area contributed by atoms with Crippen molar-refractivity contribution in [2.45, 2.75) is 71.8 Å². The van der Waals surface area contributed by atoms with Crippen LogP contribution in [-0.4, -0.2) is 21.9 Å². The maximum Gasteiger partial charge on any atom is 0.252 e. The molecule has 132 valence electrons. The maximum atomic E-state index is 11.8. The Hall–Kier alpha value is -1.65. The first kappa shape index (κ1) is 17.2. The molecule has 1 amide bonds. The third-order valence-electron chi connectivity index (χ3n) is 5.79. The number of anilines is 1. The second-order valence-corrected chi connectivity index (χ2v) is 8.46. The molecule has 2 aliphatic rings. The van der Waals surface area contributed by atoms with Crippen molar-refractivity contribution in [1.29, 1.82) is 0 Å². The molecule has 1 aromatic rings. The fourth-order valence-corrected chi connectivity index (χ4v) is 3.85. The molecule has 0 atom stereocenters. The van der Waals surface area contributed by atoms with E-state index in [1.807, 2.05) is 0 Å². The van der Waals surface area contributed by atoms with Gasteiger partial charge in [0.15, 0.2) is 0 Å². The summed E-state index contributed by atoms with van der Waals surface area (Å²) in [6.45, 7) is 6.83. The Morgan fingerprint density at radius 3 is 2.50 bits per heavy atom. The molecule has 0 bridgehead atoms. The first-order valence-corrected chi connectivity index (χ1v) is 9.27. The molecule has 0 aliphatic heterocycles. The number of carbonyl (C=O) groups is 1. The lowest BCUT2D eigenvalue weighted by Crippen LogP contribution is -2.28. The van der Waals surface area contributed by atoms with E-state index in [4.69, 9.17) is 5.73 Å². The highest BCUT2D eigenvalue weighted by Crippen LogP contribution is 2.47. The molecule has 2 fully saturated rings. The fraction of sp³-hybridized carbons (Fsp3) is 0.737. The van der Waals surface area contributed by atoms with Gasteiger partial charge in [0, 0.05) is 12.2 Å². The molecular formula is C19H30N4O. The largest absolute Gasteiger partial charge is 0.365 e. The Balaban J connectivity index is 1.76. The molecule has 2 saturated carbocycles. The van der Waals surface area contributed by atoms with Gasteiger partial charge in [-0.25, -0.2) is 9.97 Å². The molecule has 2 aliphatic carbocycles. The van der Waals surface area contributed by atoms with Crippen LogP contribution in [-0.2, 0) is 6.42 Å². The minimum absolute atomic E-state index is 0.149. The zero-order valence-electron chi connectivity index (χ0n) is 15.1. The number of rotatable bonds is 6. The van der Waals surface area contributed by atoms with Gasteiger partial charge in [0.2, 0.25) is 5.95 Å². The van der Waals surface area contributed by atoms with Crippen molar-refractivity contribution in [2.75, 3.05) is 5.32 Å². The van der Waals surface area contributed by atoms with Crippen LogP contribution in [0.1, 0.15) is 75.3 Å². The van der Waals surface area contributed by atoms with Gasteiger partial charge in [-0.15, -0.1) is 0 Å². The SMILES string of the molecule is CC1CCC(Nc2ncc(C(N)=O)c(CC(C)(C)C3CC3)n2)CC1. The van der Waals surface area contributed by atoms with Crippen molar-refractivity contribution in [3.63, 3.8) is 0 Å². The minimum atomic E-state index is -0.436. The van der Waals surface area contributed by atoms with E-state index in [2.05, 4.69) is 36.1 Å². The first-order chi connectivity index (χ1) is 11.3. The predicted molar refractivity (Wildman–Crippen MR) is 95.8 cm³/mol. The van der Waals surface area contributed by atoms with Crippen LogP contribution in [0.15, 0.2) is 6.20 Å². The second-order valence-electron chi connectivity index (χ2n) is 8.46. The van der Waals surface area contributed by atoms with Crippen LogP contribution in [0.2, 0.25) is 0 Å². The quantitative estimate of drug-likeness (QED) is 0.836. The van der Waals surface area contributed by atoms with Crippen LogP contribution in [0.25, 0.3) is 0 Å². The molecule has 5 nitrogen and oxygen atoms in total. The predicted octanol–water partition coefficient (Wildman–Crippen LogP) is 3.54. The molecule has 24 heavy (non-hydrogen) atoms. The van der Waals surface area contributed by atoms with Crippen LogP contribution in [0.5, 0.6) is 0 Å². The van der Waals surface area contributed by atoms with E-state index in [1.165, 1.54) is 25.7 Å². The maximum absolute atomic E-state index is 11.8. The van der Waals surface area contributed by atoms with Crippen LogP contribution >= 0.6 is 0 Å². The summed E-state index contributed by atoms with van der Waals surface area (Å²) in [6, 6.07) is 0.435. The summed E-state index contributed by atoms with van der Waals surface area (Å²) >= 11 is 0. The van der Waals surface area contributed by atoms with Crippen molar-refractivity contribution in [3.05, 3.63) is 17.5 Å². The highest BCUT2D eigenvalue weighted by Gasteiger charge is 2.38. The van der Waals surface area contributed by atoms with Crippen LogP contribution in [0.3, 0.4) is 0 Å². The third kappa shape index (κ3) is 4.05. The summed E-state index contributed by atoms with van der Waals surface area (Å²) < 4.78 is 0. The average Bonchev–Trinajstić information content (AvgIpc) is 3.34. The lowest BCUT2D eigenvalue weighted by atomic mass is 9.82. The van der Waals surface area contributed by atoms with Crippen molar-refractivity contribution in [2.24, 2.45) is 23.0 Å². The molecule has 0 unspecified atom stereocenters. The molecule has 0 radical (unpaired) electrons. The van der Waals surface area contributed by atoms with Crippen LogP contribution in [0.4, 0.5) is 5.95 Å². The van der Waals surface area contributed by atoms with Crippen molar-refractivity contribution < 1.29 is 4.79 Å². The van der Waals surface area contributed by atoms with Gasteiger partial charge >= 0.3 is 0 Å². The monoisotopic (exact) mass is 330 g/mol. The van der Waals surface area contributed by atoms with Gasteiger partial charge in [0.25, 0.3) is 5.91 Å². The van der Waals surface area contributed by atoms with E-state index in [9.17, 15) is 4.79 Å². The lowest BCUT2D eigenvalue weighted by Gasteiger charge is -2.28. The Morgan fingerprint density at radius 2 is 1.92 bits per heavy atom. The van der Waals surface area contributed by atoms with Crippen LogP contribution in [0, 0.1) is 17.3 Å².